The average Bonchev–Trinajstić information content (AvgIpc) is 3.46. The minimum Gasteiger partial charge on any atom is -0.387 e. The Morgan fingerprint density at radius 2 is 1.85 bits per heavy atom. The zero-order chi connectivity index (χ0) is 27.8. The summed E-state index contributed by atoms with van der Waals surface area (Å²) in [7, 11) is 0. The fourth-order valence-electron chi connectivity index (χ4n) is 7.69. The van der Waals surface area contributed by atoms with Gasteiger partial charge >= 0.3 is 6.03 Å². The second-order valence-corrected chi connectivity index (χ2v) is 12.6. The Labute approximate surface area is 237 Å². The number of nitrogens with zero attached hydrogens (tertiary/aromatic N) is 3. The highest BCUT2D eigenvalue weighted by atomic mass is 16.3. The fourth-order valence-corrected chi connectivity index (χ4v) is 7.69. The van der Waals surface area contributed by atoms with Gasteiger partial charge in [-0.25, -0.2) is 4.79 Å². The first-order chi connectivity index (χ1) is 19.3. The third-order valence-corrected chi connectivity index (χ3v) is 10.2. The van der Waals surface area contributed by atoms with Gasteiger partial charge in [-0.1, -0.05) is 74.4 Å². The molecular weight excluding hydrogens is 500 g/mol. The Bertz CT molecular complexity index is 1340. The first-order valence-corrected chi connectivity index (χ1v) is 14.9. The van der Waals surface area contributed by atoms with Crippen molar-refractivity contribution in [1.29, 1.82) is 0 Å². The molecular formula is C33H42N4O3. The summed E-state index contributed by atoms with van der Waals surface area (Å²) in [4.78, 5) is 31.4. The summed E-state index contributed by atoms with van der Waals surface area (Å²) in [5.41, 5.74) is 0.236. The molecule has 0 radical (unpaired) electrons. The number of benzene rings is 1. The number of aromatic nitrogens is 1. The highest BCUT2D eigenvalue weighted by Crippen LogP contribution is 2.52. The maximum absolute atomic E-state index is 14.1. The number of likely N-dealkylation sites (tertiary alicyclic amines) is 1. The molecule has 2 amide bonds. The minimum absolute atomic E-state index is 0.0806. The Hall–Kier alpha value is -3.16. The molecule has 2 saturated heterocycles. The number of rotatable bonds is 4. The monoisotopic (exact) mass is 542 g/mol. The van der Waals surface area contributed by atoms with Crippen LogP contribution in [0.2, 0.25) is 0 Å². The number of amides is 2. The quantitative estimate of drug-likeness (QED) is 0.599. The van der Waals surface area contributed by atoms with Gasteiger partial charge in [0.25, 0.3) is 5.56 Å². The Morgan fingerprint density at radius 3 is 2.58 bits per heavy atom. The number of hydrogen-bond donors (Lipinski definition) is 2. The summed E-state index contributed by atoms with van der Waals surface area (Å²) in [6, 6.07) is 13.7. The van der Waals surface area contributed by atoms with Gasteiger partial charge in [0.1, 0.15) is 0 Å². The van der Waals surface area contributed by atoms with E-state index in [9.17, 15) is 14.7 Å². The van der Waals surface area contributed by atoms with E-state index < -0.39 is 11.0 Å². The standard InChI is InChI=1S/C33H42N4O3/c1-31(13-6-3-7-14-31)28-23-34-18-21-37(28)30(39)36-20-17-33(40,32(24-36)15-8-9-16-32)25-35-19-12-27(22-29(35)38)26-10-4-2-5-11-26/h2-7,10-13,19,22,28,34,40H,8-9,14-18,20-21,23-25H2,1H3/t28-,31?,33+/m0/s1. The zero-order valence-corrected chi connectivity index (χ0v) is 23.6. The fraction of sp³-hybridized carbons (Fsp3) is 0.515. The van der Waals surface area contributed by atoms with E-state index in [1.165, 1.54) is 0 Å². The largest absolute Gasteiger partial charge is 0.387 e. The molecule has 3 heterocycles. The summed E-state index contributed by atoms with van der Waals surface area (Å²) >= 11 is 0. The lowest BCUT2D eigenvalue weighted by atomic mass is 9.66. The number of hydrogen-bond acceptors (Lipinski definition) is 4. The lowest BCUT2D eigenvalue weighted by Crippen LogP contribution is -2.66. The van der Waals surface area contributed by atoms with Gasteiger partial charge in [-0.3, -0.25) is 4.79 Å². The van der Waals surface area contributed by atoms with Crippen molar-refractivity contribution in [3.05, 3.63) is 83.3 Å². The maximum Gasteiger partial charge on any atom is 0.320 e. The van der Waals surface area contributed by atoms with Crippen LogP contribution in [-0.2, 0) is 6.54 Å². The van der Waals surface area contributed by atoms with E-state index >= 15 is 0 Å². The Morgan fingerprint density at radius 1 is 1.05 bits per heavy atom. The zero-order valence-electron chi connectivity index (χ0n) is 23.6. The van der Waals surface area contributed by atoms with E-state index in [-0.39, 0.29) is 29.6 Å². The van der Waals surface area contributed by atoms with Crippen molar-refractivity contribution in [2.45, 2.75) is 63.6 Å². The van der Waals surface area contributed by atoms with Crippen LogP contribution in [0.15, 0.2) is 77.8 Å². The summed E-state index contributed by atoms with van der Waals surface area (Å²) in [5, 5.41) is 15.8. The molecule has 0 bridgehead atoms. The van der Waals surface area contributed by atoms with Crippen molar-refractivity contribution in [2.75, 3.05) is 32.7 Å². The lowest BCUT2D eigenvalue weighted by Gasteiger charge is -2.54. The van der Waals surface area contributed by atoms with Crippen molar-refractivity contribution in [2.24, 2.45) is 10.8 Å². The van der Waals surface area contributed by atoms with Gasteiger partial charge in [-0.05, 0) is 42.9 Å². The average molecular weight is 543 g/mol. The molecule has 212 valence electrons. The second kappa shape index (κ2) is 10.7. The van der Waals surface area contributed by atoms with Crippen LogP contribution in [0.4, 0.5) is 4.79 Å². The molecule has 2 aliphatic carbocycles. The molecule has 3 fully saturated rings. The van der Waals surface area contributed by atoms with E-state index in [0.717, 1.165) is 56.3 Å². The van der Waals surface area contributed by atoms with Crippen LogP contribution in [0.3, 0.4) is 0 Å². The van der Waals surface area contributed by atoms with Crippen molar-refractivity contribution in [3.63, 3.8) is 0 Å². The third kappa shape index (κ3) is 4.83. The van der Waals surface area contributed by atoms with Crippen LogP contribution in [0.5, 0.6) is 0 Å². The molecule has 2 N–H and O–H groups in total. The highest BCUT2D eigenvalue weighted by molar-refractivity contribution is 5.75. The summed E-state index contributed by atoms with van der Waals surface area (Å²) in [5.74, 6) is 0. The van der Waals surface area contributed by atoms with Gasteiger partial charge in [0.2, 0.25) is 0 Å². The molecule has 2 aliphatic heterocycles. The van der Waals surface area contributed by atoms with Crippen molar-refractivity contribution in [1.82, 2.24) is 19.7 Å². The molecule has 4 aliphatic rings. The summed E-state index contributed by atoms with van der Waals surface area (Å²) in [6.07, 6.45) is 15.7. The number of nitrogens with one attached hydrogen (secondary N) is 1. The maximum atomic E-state index is 14.1. The van der Waals surface area contributed by atoms with Crippen LogP contribution >= 0.6 is 0 Å². The molecule has 7 nitrogen and oxygen atoms in total. The molecule has 7 heteroatoms. The first kappa shape index (κ1) is 27.0. The molecule has 1 aromatic heterocycles. The molecule has 2 aromatic rings. The SMILES string of the molecule is CC1([C@@H]2CNCCN2C(=O)N2CC[C@@](O)(Cn3ccc(-c4ccccc4)cc3=O)C3(CCCC3)C2)C=CC=CC1. The molecule has 1 saturated carbocycles. The summed E-state index contributed by atoms with van der Waals surface area (Å²) in [6.45, 7) is 5.81. The molecule has 6 rings (SSSR count). The number of pyridine rings is 1. The number of allylic oxidation sites excluding steroid dienone is 3. The molecule has 1 aromatic carbocycles. The number of carbonyl (C=O) groups excluding carboxylic acids is 1. The van der Waals surface area contributed by atoms with Gasteiger partial charge < -0.3 is 24.8 Å². The minimum atomic E-state index is -1.04. The van der Waals surface area contributed by atoms with Gasteiger partial charge in [0.15, 0.2) is 0 Å². The topological polar surface area (TPSA) is 77.8 Å². The van der Waals surface area contributed by atoms with E-state index in [2.05, 4.69) is 41.4 Å². The molecule has 1 unspecified atom stereocenters. The Balaban J connectivity index is 1.22. The predicted molar refractivity (Wildman–Crippen MR) is 158 cm³/mol. The van der Waals surface area contributed by atoms with Crippen molar-refractivity contribution in [3.8, 4) is 11.1 Å². The number of urea groups is 1. The van der Waals surface area contributed by atoms with Crippen molar-refractivity contribution < 1.29 is 9.90 Å². The highest BCUT2D eigenvalue weighted by Gasteiger charge is 2.56. The molecule has 40 heavy (non-hydrogen) atoms. The number of carbonyl (C=O) groups is 1. The Kier molecular flexibility index (Phi) is 7.21. The van der Waals surface area contributed by atoms with Crippen LogP contribution in [0.1, 0.15) is 45.4 Å². The number of piperazine rings is 1. The molecule has 1 spiro atoms. The van der Waals surface area contributed by atoms with Crippen LogP contribution in [-0.4, -0.2) is 69.9 Å². The van der Waals surface area contributed by atoms with E-state index in [4.69, 9.17) is 0 Å². The van der Waals surface area contributed by atoms with Crippen LogP contribution < -0.4 is 10.9 Å². The van der Waals surface area contributed by atoms with Gasteiger partial charge in [0.05, 0.1) is 18.2 Å². The van der Waals surface area contributed by atoms with Crippen LogP contribution in [0.25, 0.3) is 11.1 Å². The second-order valence-electron chi connectivity index (χ2n) is 12.6. The number of piperidine rings is 1. The van der Waals surface area contributed by atoms with Gasteiger partial charge in [-0.2, -0.15) is 0 Å². The third-order valence-electron chi connectivity index (χ3n) is 10.2. The number of aliphatic hydroxyl groups is 1. The van der Waals surface area contributed by atoms with E-state index in [0.29, 0.717) is 26.1 Å². The predicted octanol–water partition coefficient (Wildman–Crippen LogP) is 4.43. The van der Waals surface area contributed by atoms with Gasteiger partial charge in [-0.15, -0.1) is 0 Å². The van der Waals surface area contributed by atoms with Crippen LogP contribution in [0, 0.1) is 10.8 Å². The normalized spacial score (nSPS) is 29.7. The van der Waals surface area contributed by atoms with Gasteiger partial charge in [0, 0.05) is 55.8 Å². The smallest absolute Gasteiger partial charge is 0.320 e. The van der Waals surface area contributed by atoms with E-state index in [1.807, 2.05) is 47.5 Å². The van der Waals surface area contributed by atoms with E-state index in [1.54, 1.807) is 10.6 Å². The lowest BCUT2D eigenvalue weighted by molar-refractivity contribution is -0.137. The molecule has 3 atom stereocenters. The first-order valence-electron chi connectivity index (χ1n) is 14.9. The van der Waals surface area contributed by atoms with Crippen molar-refractivity contribution >= 4 is 6.03 Å². The summed E-state index contributed by atoms with van der Waals surface area (Å²) < 4.78 is 1.67.